The largest absolute Gasteiger partial charge is 0.456 e. The van der Waals surface area contributed by atoms with Crippen molar-refractivity contribution >= 4 is 11.9 Å². The summed E-state index contributed by atoms with van der Waals surface area (Å²) < 4.78 is 7.20. The van der Waals surface area contributed by atoms with E-state index in [1.165, 1.54) is 0 Å². The van der Waals surface area contributed by atoms with E-state index in [4.69, 9.17) is 10.5 Å². The Kier molecular flexibility index (Phi) is 5.07. The van der Waals surface area contributed by atoms with Crippen molar-refractivity contribution in [1.82, 2.24) is 14.5 Å². The van der Waals surface area contributed by atoms with Crippen molar-refractivity contribution in [1.29, 1.82) is 0 Å². The van der Waals surface area contributed by atoms with Gasteiger partial charge in [-0.1, -0.05) is 60.7 Å². The monoisotopic (exact) mass is 384 g/mol. The van der Waals surface area contributed by atoms with Crippen molar-refractivity contribution in [2.24, 2.45) is 7.05 Å². The predicted molar refractivity (Wildman–Crippen MR) is 112 cm³/mol. The highest BCUT2D eigenvalue weighted by atomic mass is 16.5. The van der Waals surface area contributed by atoms with Gasteiger partial charge in [0.25, 0.3) is 0 Å². The van der Waals surface area contributed by atoms with Crippen LogP contribution in [-0.4, -0.2) is 20.5 Å². The normalized spacial score (nSPS) is 10.7. The maximum absolute atomic E-state index is 12.6. The summed E-state index contributed by atoms with van der Waals surface area (Å²) in [7, 11) is 1.80. The van der Waals surface area contributed by atoms with Gasteiger partial charge in [-0.3, -0.25) is 0 Å². The lowest BCUT2D eigenvalue weighted by molar-refractivity contribution is 0.0461. The van der Waals surface area contributed by atoms with Gasteiger partial charge in [-0.25, -0.2) is 14.8 Å². The van der Waals surface area contributed by atoms with Gasteiger partial charge in [0, 0.05) is 30.6 Å². The maximum Gasteiger partial charge on any atom is 0.355 e. The fraction of sp³-hybridized carbons (Fsp3) is 0.0870. The number of hydrogen-bond donors (Lipinski definition) is 1. The minimum absolute atomic E-state index is 0.178. The van der Waals surface area contributed by atoms with Gasteiger partial charge >= 0.3 is 5.97 Å². The van der Waals surface area contributed by atoms with Crippen LogP contribution in [0.5, 0.6) is 0 Å². The van der Waals surface area contributed by atoms with Gasteiger partial charge < -0.3 is 15.0 Å². The van der Waals surface area contributed by atoms with E-state index in [2.05, 4.69) is 9.97 Å². The van der Waals surface area contributed by atoms with Gasteiger partial charge in [0.1, 0.15) is 12.3 Å². The molecule has 0 saturated carbocycles. The van der Waals surface area contributed by atoms with Crippen LogP contribution < -0.4 is 5.73 Å². The molecule has 0 radical (unpaired) electrons. The lowest BCUT2D eigenvalue weighted by Gasteiger charge is -2.07. The number of rotatable bonds is 5. The summed E-state index contributed by atoms with van der Waals surface area (Å²) >= 11 is 0. The summed E-state index contributed by atoms with van der Waals surface area (Å²) in [6.45, 7) is 0.218. The second-order valence-corrected chi connectivity index (χ2v) is 6.64. The Balaban J connectivity index is 1.64. The van der Waals surface area contributed by atoms with Gasteiger partial charge in [0.2, 0.25) is 5.95 Å². The summed E-state index contributed by atoms with van der Waals surface area (Å²) in [5.41, 5.74) is 10.5. The zero-order valence-corrected chi connectivity index (χ0v) is 15.9. The SMILES string of the molecule is Cn1cc(-c2nc(N)ncc2-c2ccccc2)cc1C(=O)OCc1ccccc1. The van der Waals surface area contributed by atoms with Gasteiger partial charge in [-0.2, -0.15) is 0 Å². The molecule has 6 heteroatoms. The van der Waals surface area contributed by atoms with Crippen LogP contribution in [0, 0.1) is 0 Å². The standard InChI is InChI=1S/C23H20N4O2/c1-27-14-18(12-20(27)22(28)29-15-16-8-4-2-5-9-16)21-19(13-25-23(24)26-21)17-10-6-3-7-11-17/h2-14H,15H2,1H3,(H2,24,25,26). The average molecular weight is 384 g/mol. The first-order valence-electron chi connectivity index (χ1n) is 9.17. The molecule has 0 bridgehead atoms. The van der Waals surface area contributed by atoms with E-state index < -0.39 is 5.97 Å². The molecule has 0 fully saturated rings. The van der Waals surface area contributed by atoms with Gasteiger partial charge in [0.15, 0.2) is 0 Å². The highest BCUT2D eigenvalue weighted by Gasteiger charge is 2.18. The Morgan fingerprint density at radius 3 is 2.45 bits per heavy atom. The highest BCUT2D eigenvalue weighted by molar-refractivity contribution is 5.91. The Labute approximate surface area is 168 Å². The quantitative estimate of drug-likeness (QED) is 0.524. The zero-order valence-electron chi connectivity index (χ0n) is 15.9. The van der Waals surface area contributed by atoms with Crippen LogP contribution in [0.3, 0.4) is 0 Å². The lowest BCUT2D eigenvalue weighted by atomic mass is 10.0. The first-order valence-corrected chi connectivity index (χ1v) is 9.17. The Morgan fingerprint density at radius 1 is 1.03 bits per heavy atom. The first kappa shape index (κ1) is 18.4. The molecular weight excluding hydrogens is 364 g/mol. The lowest BCUT2D eigenvalue weighted by Crippen LogP contribution is -2.09. The van der Waals surface area contributed by atoms with Crippen LogP contribution in [0.2, 0.25) is 0 Å². The van der Waals surface area contributed by atoms with Crippen molar-refractivity contribution in [3.8, 4) is 22.4 Å². The first-order chi connectivity index (χ1) is 14.1. The van der Waals surface area contributed by atoms with E-state index in [1.807, 2.05) is 66.9 Å². The number of nitrogens with two attached hydrogens (primary N) is 1. The van der Waals surface area contributed by atoms with E-state index in [0.717, 1.165) is 22.3 Å². The third-order valence-corrected chi connectivity index (χ3v) is 4.59. The number of aromatic nitrogens is 3. The molecule has 0 aliphatic rings. The number of benzene rings is 2. The van der Waals surface area contributed by atoms with E-state index in [-0.39, 0.29) is 12.6 Å². The molecule has 29 heavy (non-hydrogen) atoms. The predicted octanol–water partition coefficient (Wildman–Crippen LogP) is 4.09. The van der Waals surface area contributed by atoms with Crippen LogP contribution in [0.25, 0.3) is 22.4 Å². The van der Waals surface area contributed by atoms with E-state index >= 15 is 0 Å². The molecule has 4 rings (SSSR count). The Morgan fingerprint density at radius 2 is 1.72 bits per heavy atom. The number of hydrogen-bond acceptors (Lipinski definition) is 5. The molecule has 0 amide bonds. The fourth-order valence-corrected chi connectivity index (χ4v) is 3.14. The van der Waals surface area contributed by atoms with Gasteiger partial charge in [0.05, 0.1) is 5.69 Å². The van der Waals surface area contributed by atoms with Crippen LogP contribution >= 0.6 is 0 Å². The summed E-state index contributed by atoms with van der Waals surface area (Å²) in [6.07, 6.45) is 3.54. The number of carbonyl (C=O) groups excluding carboxylic acids is 1. The minimum Gasteiger partial charge on any atom is -0.456 e. The molecule has 0 aliphatic carbocycles. The van der Waals surface area contributed by atoms with Crippen molar-refractivity contribution < 1.29 is 9.53 Å². The second kappa shape index (κ2) is 7.98. The smallest absolute Gasteiger partial charge is 0.355 e. The molecule has 2 N–H and O–H groups in total. The topological polar surface area (TPSA) is 83.0 Å². The number of anilines is 1. The zero-order chi connectivity index (χ0) is 20.2. The van der Waals surface area contributed by atoms with Crippen LogP contribution in [0.1, 0.15) is 16.1 Å². The Bertz CT molecular complexity index is 1140. The molecule has 0 atom stereocenters. The average Bonchev–Trinajstić information content (AvgIpc) is 3.15. The van der Waals surface area contributed by atoms with Crippen molar-refractivity contribution in [3.63, 3.8) is 0 Å². The summed E-state index contributed by atoms with van der Waals surface area (Å²) in [5.74, 6) is -0.220. The minimum atomic E-state index is -0.397. The summed E-state index contributed by atoms with van der Waals surface area (Å²) in [4.78, 5) is 21.2. The number of esters is 1. The van der Waals surface area contributed by atoms with Crippen LogP contribution in [0.15, 0.2) is 79.1 Å². The molecule has 0 unspecified atom stereocenters. The fourth-order valence-electron chi connectivity index (χ4n) is 3.14. The van der Waals surface area contributed by atoms with Crippen LogP contribution in [-0.2, 0) is 18.4 Å². The number of ether oxygens (including phenoxy) is 1. The van der Waals surface area contributed by atoms with Gasteiger partial charge in [-0.05, 0) is 17.2 Å². The number of carbonyl (C=O) groups is 1. The number of aryl methyl sites for hydroxylation is 1. The molecule has 144 valence electrons. The van der Waals surface area contributed by atoms with Gasteiger partial charge in [-0.15, -0.1) is 0 Å². The Hall–Kier alpha value is -3.93. The van der Waals surface area contributed by atoms with Crippen molar-refractivity contribution in [2.45, 2.75) is 6.61 Å². The third kappa shape index (κ3) is 4.01. The molecule has 4 aromatic rings. The van der Waals surface area contributed by atoms with E-state index in [1.54, 1.807) is 23.9 Å². The number of nitrogens with zero attached hydrogens (tertiary/aromatic N) is 3. The molecule has 0 saturated heterocycles. The number of nitrogen functional groups attached to an aromatic ring is 1. The molecule has 2 aromatic carbocycles. The molecule has 0 aliphatic heterocycles. The second-order valence-electron chi connectivity index (χ2n) is 6.64. The third-order valence-electron chi connectivity index (χ3n) is 4.59. The summed E-state index contributed by atoms with van der Waals surface area (Å²) in [6, 6.07) is 21.2. The molecule has 6 nitrogen and oxygen atoms in total. The van der Waals surface area contributed by atoms with E-state index in [0.29, 0.717) is 11.4 Å². The molecule has 2 aromatic heterocycles. The van der Waals surface area contributed by atoms with E-state index in [9.17, 15) is 4.79 Å². The molecular formula is C23H20N4O2. The van der Waals surface area contributed by atoms with Crippen LogP contribution in [0.4, 0.5) is 5.95 Å². The van der Waals surface area contributed by atoms with Crippen molar-refractivity contribution in [3.05, 3.63) is 90.4 Å². The highest BCUT2D eigenvalue weighted by Crippen LogP contribution is 2.31. The maximum atomic E-state index is 12.6. The van der Waals surface area contributed by atoms with Crippen molar-refractivity contribution in [2.75, 3.05) is 5.73 Å². The molecule has 0 spiro atoms. The summed E-state index contributed by atoms with van der Waals surface area (Å²) in [5, 5.41) is 0. The molecule has 2 heterocycles.